The quantitative estimate of drug-likeness (QED) is 0.0265. The van der Waals surface area contributed by atoms with Crippen LogP contribution in [-0.4, -0.2) is 136 Å². The maximum Gasteiger partial charge on any atom is 0.326 e. The number of Topliss-reactive ketones (excluding diaryl/α,β-unsaturated/α-hetero) is 1. The van der Waals surface area contributed by atoms with E-state index < -0.39 is 18.0 Å². The predicted octanol–water partition coefficient (Wildman–Crippen LogP) is 2.58. The Morgan fingerprint density at radius 3 is 1.46 bits per heavy atom. The Morgan fingerprint density at radius 2 is 0.965 bits per heavy atom. The summed E-state index contributed by atoms with van der Waals surface area (Å²) < 4.78 is 24.2. The number of rotatable bonds is 41. The Bertz CT molecular complexity index is 1130. The van der Waals surface area contributed by atoms with Crippen molar-refractivity contribution in [3.05, 3.63) is 0 Å². The molecule has 0 unspecified atom stereocenters. The minimum Gasteiger partial charge on any atom is -0.481 e. The Balaban J connectivity index is 3.67. The third-order valence-corrected chi connectivity index (χ3v) is 9.30. The van der Waals surface area contributed by atoms with Crippen molar-refractivity contribution < 1.29 is 62.7 Å². The number of hydrogen-bond donors (Lipinski definition) is 7. The molecule has 0 rings (SSSR count). The number of aliphatic carboxylic acids is 2. The standard InChI is InChI=1S/C38H68IN5O13/c1-30(45)31(44-39)14-12-13-19-40-35(48)28-56-26-25-55-23-21-42-36(49)29-57-27-24-54-22-20-41-33(46)18-17-32(38(52)53)43-34(47)15-10-8-6-4-2-3-5-7-9-11-16-37(50)51/h31-32,44H,2-29H2,1H3,(H,40,48)(H,41,46)(H,42,49)(H,43,47)(H,50,51)(H,52,53)/t31-,32-/m0/s1. The fourth-order valence-electron chi connectivity index (χ4n) is 5.30. The molecule has 0 aromatic heterocycles. The van der Waals surface area contributed by atoms with E-state index in [4.69, 9.17) is 24.1 Å². The van der Waals surface area contributed by atoms with Gasteiger partial charge in [0.1, 0.15) is 25.0 Å². The Labute approximate surface area is 351 Å². The number of nitrogens with one attached hydrogen (secondary N) is 5. The lowest BCUT2D eigenvalue weighted by atomic mass is 10.0. The van der Waals surface area contributed by atoms with Gasteiger partial charge in [-0.15, -0.1) is 0 Å². The van der Waals surface area contributed by atoms with Gasteiger partial charge >= 0.3 is 11.9 Å². The molecule has 2 atom stereocenters. The van der Waals surface area contributed by atoms with Crippen molar-refractivity contribution in [2.75, 3.05) is 72.5 Å². The minimum absolute atomic E-state index is 0.0363. The number of halogens is 1. The highest BCUT2D eigenvalue weighted by Crippen LogP contribution is 2.12. The van der Waals surface area contributed by atoms with Gasteiger partial charge in [-0.25, -0.2) is 4.79 Å². The molecular formula is C38H68IN5O13. The lowest BCUT2D eigenvalue weighted by Crippen LogP contribution is -2.41. The summed E-state index contributed by atoms with van der Waals surface area (Å²) in [5.74, 6) is -3.10. The molecule has 0 aromatic rings. The summed E-state index contributed by atoms with van der Waals surface area (Å²) >= 11 is 1.97. The van der Waals surface area contributed by atoms with Crippen LogP contribution in [0.15, 0.2) is 0 Å². The highest BCUT2D eigenvalue weighted by Gasteiger charge is 2.21. The van der Waals surface area contributed by atoms with Crippen LogP contribution in [0.4, 0.5) is 0 Å². The van der Waals surface area contributed by atoms with Crippen molar-refractivity contribution in [2.45, 2.75) is 128 Å². The van der Waals surface area contributed by atoms with Crippen LogP contribution < -0.4 is 24.8 Å². The van der Waals surface area contributed by atoms with Gasteiger partial charge in [0.2, 0.25) is 23.6 Å². The first kappa shape index (κ1) is 54.0. The molecule has 0 aliphatic carbocycles. The summed E-state index contributed by atoms with van der Waals surface area (Å²) in [6.07, 6.45) is 12.3. The molecule has 4 amide bonds. The molecule has 0 heterocycles. The third-order valence-electron chi connectivity index (χ3n) is 8.55. The van der Waals surface area contributed by atoms with Crippen LogP contribution in [0.2, 0.25) is 0 Å². The normalized spacial score (nSPS) is 12.0. The van der Waals surface area contributed by atoms with E-state index in [0.29, 0.717) is 13.0 Å². The van der Waals surface area contributed by atoms with Crippen LogP contribution in [0, 0.1) is 0 Å². The molecule has 0 saturated carbocycles. The van der Waals surface area contributed by atoms with Crippen LogP contribution in [0.1, 0.15) is 116 Å². The number of carboxylic acid groups (broad SMARTS) is 2. The molecule has 0 aliphatic heterocycles. The first-order chi connectivity index (χ1) is 27.5. The van der Waals surface area contributed by atoms with E-state index in [9.17, 15) is 38.7 Å². The lowest BCUT2D eigenvalue weighted by molar-refractivity contribution is -0.142. The first-order valence-corrected chi connectivity index (χ1v) is 21.3. The molecule has 330 valence electrons. The number of ketones is 1. The number of unbranched alkanes of at least 4 members (excludes halogenated alkanes) is 10. The van der Waals surface area contributed by atoms with Crippen LogP contribution in [0.3, 0.4) is 0 Å². The molecule has 0 aromatic carbocycles. The van der Waals surface area contributed by atoms with Crippen LogP contribution in [0.25, 0.3) is 0 Å². The summed E-state index contributed by atoms with van der Waals surface area (Å²) in [7, 11) is 0. The van der Waals surface area contributed by atoms with Crippen molar-refractivity contribution in [3.8, 4) is 0 Å². The van der Waals surface area contributed by atoms with Gasteiger partial charge < -0.3 is 50.4 Å². The average molecular weight is 930 g/mol. The Kier molecular flexibility index (Phi) is 36.5. The second kappa shape index (κ2) is 38.5. The zero-order valence-corrected chi connectivity index (χ0v) is 35.9. The molecule has 0 spiro atoms. The SMILES string of the molecule is CC(=O)[C@H](CCCCNC(=O)COCCOCCNC(=O)COCCOCCNC(=O)CC[C@H](NC(=O)CCCCCCCCCCCCC(=O)O)C(=O)O)NI. The van der Waals surface area contributed by atoms with Crippen LogP contribution in [-0.2, 0) is 52.5 Å². The van der Waals surface area contributed by atoms with Gasteiger partial charge in [0.05, 0.1) is 45.7 Å². The monoisotopic (exact) mass is 929 g/mol. The van der Waals surface area contributed by atoms with Gasteiger partial charge in [0, 0.05) is 61.8 Å². The van der Waals surface area contributed by atoms with Crippen LogP contribution in [0.5, 0.6) is 0 Å². The Hall–Kier alpha value is -2.98. The molecule has 0 fully saturated rings. The predicted molar refractivity (Wildman–Crippen MR) is 220 cm³/mol. The highest BCUT2D eigenvalue weighted by molar-refractivity contribution is 14.1. The molecule has 0 radical (unpaired) electrons. The van der Waals surface area contributed by atoms with Gasteiger partial charge in [-0.05, 0) is 45.4 Å². The molecule has 18 nitrogen and oxygen atoms in total. The summed E-state index contributed by atoms with van der Waals surface area (Å²) in [4.78, 5) is 81.6. The van der Waals surface area contributed by atoms with E-state index in [-0.39, 0.29) is 127 Å². The van der Waals surface area contributed by atoms with Gasteiger partial charge in [-0.2, -0.15) is 0 Å². The second-order valence-electron chi connectivity index (χ2n) is 13.6. The summed E-state index contributed by atoms with van der Waals surface area (Å²) in [5, 5.41) is 28.7. The Morgan fingerprint density at radius 1 is 0.491 bits per heavy atom. The molecule has 0 aliphatic rings. The largest absolute Gasteiger partial charge is 0.481 e. The molecule has 0 bridgehead atoms. The second-order valence-corrected chi connectivity index (χ2v) is 14.2. The summed E-state index contributed by atoms with van der Waals surface area (Å²) in [5.41, 5.74) is 0. The summed E-state index contributed by atoms with van der Waals surface area (Å²) in [6.45, 7) is 3.62. The van der Waals surface area contributed by atoms with E-state index in [1.807, 2.05) is 22.9 Å². The molecule has 57 heavy (non-hydrogen) atoms. The van der Waals surface area contributed by atoms with E-state index in [0.717, 1.165) is 77.0 Å². The number of hydrogen-bond acceptors (Lipinski definition) is 12. The smallest absolute Gasteiger partial charge is 0.326 e. The average Bonchev–Trinajstić information content (AvgIpc) is 3.16. The molecule has 19 heteroatoms. The minimum atomic E-state index is -1.19. The maximum atomic E-state index is 12.3. The molecule has 0 saturated heterocycles. The van der Waals surface area contributed by atoms with E-state index in [1.165, 1.54) is 0 Å². The van der Waals surface area contributed by atoms with Crippen molar-refractivity contribution in [1.82, 2.24) is 24.8 Å². The van der Waals surface area contributed by atoms with Crippen molar-refractivity contribution >= 4 is 64.2 Å². The van der Waals surface area contributed by atoms with Gasteiger partial charge in [0.25, 0.3) is 0 Å². The number of carbonyl (C=O) groups is 7. The van der Waals surface area contributed by atoms with Crippen molar-refractivity contribution in [1.29, 1.82) is 0 Å². The van der Waals surface area contributed by atoms with Crippen molar-refractivity contribution in [2.24, 2.45) is 0 Å². The zero-order chi connectivity index (χ0) is 42.4. The van der Waals surface area contributed by atoms with E-state index in [1.54, 1.807) is 6.92 Å². The fourth-order valence-corrected chi connectivity index (χ4v) is 6.05. The number of amides is 4. The number of ether oxygens (including phenoxy) is 4. The third kappa shape index (κ3) is 37.1. The summed E-state index contributed by atoms with van der Waals surface area (Å²) in [6, 6.07) is -1.32. The van der Waals surface area contributed by atoms with E-state index >= 15 is 0 Å². The van der Waals surface area contributed by atoms with Gasteiger partial charge in [0.15, 0.2) is 0 Å². The lowest BCUT2D eigenvalue weighted by Gasteiger charge is -2.14. The number of carboxylic acids is 2. The molecule has 7 N–H and O–H groups in total. The first-order valence-electron chi connectivity index (χ1n) is 20.2. The maximum absolute atomic E-state index is 12.3. The van der Waals surface area contributed by atoms with Gasteiger partial charge in [-0.3, -0.25) is 32.3 Å². The van der Waals surface area contributed by atoms with Gasteiger partial charge in [-0.1, -0.05) is 51.4 Å². The highest BCUT2D eigenvalue weighted by atomic mass is 127. The topological polar surface area (TPSA) is 257 Å². The van der Waals surface area contributed by atoms with Crippen LogP contribution >= 0.6 is 22.9 Å². The fraction of sp³-hybridized carbons (Fsp3) is 0.816. The zero-order valence-electron chi connectivity index (χ0n) is 33.7. The van der Waals surface area contributed by atoms with Crippen molar-refractivity contribution in [3.63, 3.8) is 0 Å². The molecular weight excluding hydrogens is 861 g/mol. The van der Waals surface area contributed by atoms with E-state index in [2.05, 4.69) is 24.8 Å². The number of carbonyl (C=O) groups excluding carboxylic acids is 5.